The van der Waals surface area contributed by atoms with Crippen LogP contribution in [0.2, 0.25) is 0 Å². The Morgan fingerprint density at radius 1 is 1.04 bits per heavy atom. The molecule has 0 spiro atoms. The molecule has 0 saturated carbocycles. The highest BCUT2D eigenvalue weighted by atomic mass is 16.5. The minimum Gasteiger partial charge on any atom is -0.490 e. The first-order valence-corrected chi connectivity index (χ1v) is 9.82. The van der Waals surface area contributed by atoms with Gasteiger partial charge in [-0.2, -0.15) is 0 Å². The first kappa shape index (κ1) is 19.2. The van der Waals surface area contributed by atoms with Crippen LogP contribution in [0.3, 0.4) is 0 Å². The summed E-state index contributed by atoms with van der Waals surface area (Å²) in [7, 11) is 0. The Labute approximate surface area is 162 Å². The Morgan fingerprint density at radius 2 is 1.74 bits per heavy atom. The van der Waals surface area contributed by atoms with Crippen molar-refractivity contribution in [1.82, 2.24) is 9.47 Å². The maximum Gasteiger partial charge on any atom is 0.356 e. The molecule has 0 bridgehead atoms. The SMILES string of the molecule is CCN(CC)CC[n+]1c(N)n(CCOc2ccc(C)cc2)c2ccccc21. The highest BCUT2D eigenvalue weighted by Gasteiger charge is 2.20. The summed E-state index contributed by atoms with van der Waals surface area (Å²) in [5.74, 6) is 1.68. The van der Waals surface area contributed by atoms with Gasteiger partial charge in [0, 0.05) is 6.54 Å². The normalized spacial score (nSPS) is 11.4. The van der Waals surface area contributed by atoms with Gasteiger partial charge in [0.1, 0.15) is 29.9 Å². The number of nitrogens with two attached hydrogens (primary N) is 1. The van der Waals surface area contributed by atoms with Gasteiger partial charge in [0.15, 0.2) is 0 Å². The zero-order valence-corrected chi connectivity index (χ0v) is 16.7. The molecule has 1 aromatic heterocycles. The Bertz CT molecular complexity index is 866. The molecular formula is C22H31N4O+. The topological polar surface area (TPSA) is 47.3 Å². The number of likely N-dealkylation sites (N-methyl/N-ethyl adjacent to an activating group) is 1. The molecule has 2 aromatic carbocycles. The average molecular weight is 368 g/mol. The number of aromatic nitrogens is 2. The van der Waals surface area contributed by atoms with E-state index in [1.807, 2.05) is 12.1 Å². The average Bonchev–Trinajstić information content (AvgIpc) is 2.96. The molecule has 27 heavy (non-hydrogen) atoms. The zero-order valence-electron chi connectivity index (χ0n) is 16.7. The lowest BCUT2D eigenvalue weighted by atomic mass is 10.2. The van der Waals surface area contributed by atoms with Crippen LogP contribution in [0.4, 0.5) is 5.95 Å². The van der Waals surface area contributed by atoms with Gasteiger partial charge in [0.05, 0.1) is 6.54 Å². The van der Waals surface area contributed by atoms with Crippen LogP contribution in [0, 0.1) is 6.92 Å². The van der Waals surface area contributed by atoms with Gasteiger partial charge in [-0.15, -0.1) is 0 Å². The Kier molecular flexibility index (Phi) is 6.35. The van der Waals surface area contributed by atoms with Crippen LogP contribution >= 0.6 is 0 Å². The van der Waals surface area contributed by atoms with Crippen LogP contribution in [-0.2, 0) is 13.1 Å². The van der Waals surface area contributed by atoms with Crippen LogP contribution in [0.5, 0.6) is 5.75 Å². The van der Waals surface area contributed by atoms with E-state index < -0.39 is 0 Å². The molecule has 2 N–H and O–H groups in total. The van der Waals surface area contributed by atoms with E-state index in [4.69, 9.17) is 10.5 Å². The van der Waals surface area contributed by atoms with Gasteiger partial charge in [-0.3, -0.25) is 5.73 Å². The molecular weight excluding hydrogens is 336 g/mol. The quantitative estimate of drug-likeness (QED) is 0.591. The number of hydrogen-bond donors (Lipinski definition) is 1. The largest absolute Gasteiger partial charge is 0.490 e. The molecule has 0 saturated heterocycles. The van der Waals surface area contributed by atoms with Gasteiger partial charge < -0.3 is 9.64 Å². The van der Waals surface area contributed by atoms with E-state index >= 15 is 0 Å². The highest BCUT2D eigenvalue weighted by molar-refractivity contribution is 5.73. The van der Waals surface area contributed by atoms with Crippen molar-refractivity contribution in [3.63, 3.8) is 0 Å². The van der Waals surface area contributed by atoms with Gasteiger partial charge >= 0.3 is 5.95 Å². The molecule has 3 rings (SSSR count). The fourth-order valence-corrected chi connectivity index (χ4v) is 3.45. The summed E-state index contributed by atoms with van der Waals surface area (Å²) in [6.07, 6.45) is 0. The molecule has 0 radical (unpaired) electrons. The smallest absolute Gasteiger partial charge is 0.356 e. The molecule has 0 aliphatic rings. The number of rotatable bonds is 9. The first-order valence-electron chi connectivity index (χ1n) is 9.82. The van der Waals surface area contributed by atoms with Gasteiger partial charge in [0.25, 0.3) is 0 Å². The fraction of sp³-hybridized carbons (Fsp3) is 0.409. The van der Waals surface area contributed by atoms with Crippen LogP contribution in [-0.4, -0.2) is 35.7 Å². The summed E-state index contributed by atoms with van der Waals surface area (Å²) in [4.78, 5) is 2.42. The van der Waals surface area contributed by atoms with E-state index in [9.17, 15) is 0 Å². The van der Waals surface area contributed by atoms with Crippen molar-refractivity contribution in [1.29, 1.82) is 0 Å². The second-order valence-corrected chi connectivity index (χ2v) is 6.84. The predicted octanol–water partition coefficient (Wildman–Crippen LogP) is 3.24. The molecule has 3 aromatic rings. The summed E-state index contributed by atoms with van der Waals surface area (Å²) in [5, 5.41) is 0. The summed E-state index contributed by atoms with van der Waals surface area (Å²) < 4.78 is 10.3. The molecule has 0 aliphatic carbocycles. The van der Waals surface area contributed by atoms with Crippen molar-refractivity contribution in [2.75, 3.05) is 32.0 Å². The van der Waals surface area contributed by atoms with Gasteiger partial charge in [-0.1, -0.05) is 43.7 Å². The molecule has 0 amide bonds. The van der Waals surface area contributed by atoms with E-state index in [2.05, 4.69) is 71.2 Å². The van der Waals surface area contributed by atoms with Gasteiger partial charge in [0.2, 0.25) is 0 Å². The number of para-hydroxylation sites is 2. The number of aryl methyl sites for hydroxylation is 1. The third-order valence-corrected chi connectivity index (χ3v) is 5.16. The minimum absolute atomic E-state index is 0.585. The first-order chi connectivity index (χ1) is 13.1. The molecule has 5 heteroatoms. The summed E-state index contributed by atoms with van der Waals surface area (Å²) in [6, 6.07) is 16.6. The minimum atomic E-state index is 0.585. The number of imidazole rings is 1. The number of benzene rings is 2. The van der Waals surface area contributed by atoms with E-state index in [0.29, 0.717) is 6.61 Å². The number of fused-ring (bicyclic) bond motifs is 1. The number of hydrogen-bond acceptors (Lipinski definition) is 3. The zero-order chi connectivity index (χ0) is 19.2. The number of nitrogen functional groups attached to an aromatic ring is 1. The molecule has 0 unspecified atom stereocenters. The molecule has 0 aliphatic heterocycles. The molecule has 144 valence electrons. The van der Waals surface area contributed by atoms with Crippen LogP contribution in [0.1, 0.15) is 19.4 Å². The van der Waals surface area contributed by atoms with Crippen molar-refractivity contribution >= 4 is 17.0 Å². The third kappa shape index (κ3) is 4.42. The summed E-state index contributed by atoms with van der Waals surface area (Å²) in [5.41, 5.74) is 10.1. The van der Waals surface area contributed by atoms with Gasteiger partial charge in [-0.05, 0) is 44.3 Å². The van der Waals surface area contributed by atoms with Crippen molar-refractivity contribution in [2.45, 2.75) is 33.9 Å². The van der Waals surface area contributed by atoms with Gasteiger partial charge in [-0.25, -0.2) is 9.13 Å². The van der Waals surface area contributed by atoms with Crippen molar-refractivity contribution < 1.29 is 9.30 Å². The number of nitrogens with zero attached hydrogens (tertiary/aromatic N) is 3. The third-order valence-electron chi connectivity index (χ3n) is 5.16. The standard InChI is InChI=1S/C22H30N4O/c1-4-24(5-2)14-15-25-20-8-6-7-9-21(20)26(22(25)23)16-17-27-19-12-10-18(3)11-13-19/h6-13,23H,4-5,14-17H2,1-3H3/p+1. The Balaban J connectivity index is 1.76. The lowest BCUT2D eigenvalue weighted by molar-refractivity contribution is -0.657. The second-order valence-electron chi connectivity index (χ2n) is 6.84. The molecule has 5 nitrogen and oxygen atoms in total. The number of anilines is 1. The maximum atomic E-state index is 6.54. The van der Waals surface area contributed by atoms with Crippen LogP contribution in [0.25, 0.3) is 11.0 Å². The lowest BCUT2D eigenvalue weighted by Crippen LogP contribution is -2.42. The van der Waals surface area contributed by atoms with Crippen molar-refractivity contribution in [3.8, 4) is 5.75 Å². The van der Waals surface area contributed by atoms with Crippen molar-refractivity contribution in [2.24, 2.45) is 0 Å². The molecule has 0 atom stereocenters. The van der Waals surface area contributed by atoms with E-state index in [1.54, 1.807) is 0 Å². The van der Waals surface area contributed by atoms with E-state index in [0.717, 1.165) is 49.9 Å². The highest BCUT2D eigenvalue weighted by Crippen LogP contribution is 2.17. The van der Waals surface area contributed by atoms with Crippen LogP contribution in [0.15, 0.2) is 48.5 Å². The molecule has 1 heterocycles. The molecule has 0 fully saturated rings. The second kappa shape index (κ2) is 8.91. The summed E-state index contributed by atoms with van der Waals surface area (Å²) in [6.45, 7) is 11.8. The van der Waals surface area contributed by atoms with Crippen LogP contribution < -0.4 is 15.0 Å². The van der Waals surface area contributed by atoms with Crippen molar-refractivity contribution in [3.05, 3.63) is 54.1 Å². The predicted molar refractivity (Wildman–Crippen MR) is 111 cm³/mol. The van der Waals surface area contributed by atoms with E-state index in [1.165, 1.54) is 11.1 Å². The Morgan fingerprint density at radius 3 is 2.44 bits per heavy atom. The maximum absolute atomic E-state index is 6.54. The fourth-order valence-electron chi connectivity index (χ4n) is 3.45. The Hall–Kier alpha value is -2.53. The lowest BCUT2D eigenvalue weighted by Gasteiger charge is -2.17. The monoisotopic (exact) mass is 367 g/mol. The van der Waals surface area contributed by atoms with E-state index in [-0.39, 0.29) is 0 Å². The number of ether oxygens (including phenoxy) is 1. The summed E-state index contributed by atoms with van der Waals surface area (Å²) >= 11 is 0.